The molecule has 0 amide bonds. The Morgan fingerprint density at radius 1 is 1.47 bits per heavy atom. The van der Waals surface area contributed by atoms with Gasteiger partial charge in [-0.15, -0.1) is 11.3 Å². The zero-order valence-electron chi connectivity index (χ0n) is 9.69. The minimum atomic E-state index is 0.436. The van der Waals surface area contributed by atoms with Crippen LogP contribution in [0.25, 0.3) is 0 Å². The van der Waals surface area contributed by atoms with E-state index < -0.39 is 0 Å². The number of hydrogen-bond acceptors (Lipinski definition) is 4. The van der Waals surface area contributed by atoms with Gasteiger partial charge in [-0.1, -0.05) is 0 Å². The van der Waals surface area contributed by atoms with E-state index in [2.05, 4.69) is 11.4 Å². The highest BCUT2D eigenvalue weighted by atomic mass is 32.1. The number of nitriles is 1. The molecule has 1 saturated carbocycles. The van der Waals surface area contributed by atoms with Crippen LogP contribution in [-0.2, 0) is 11.3 Å². The molecule has 0 radical (unpaired) electrons. The fraction of sp³-hybridized carbons (Fsp3) is 0.615. The Morgan fingerprint density at radius 2 is 2.35 bits per heavy atom. The lowest BCUT2D eigenvalue weighted by Gasteiger charge is -2.18. The summed E-state index contributed by atoms with van der Waals surface area (Å²) >= 11 is 1.66. The Bertz CT molecular complexity index is 433. The lowest BCUT2D eigenvalue weighted by atomic mass is 10.1. The van der Waals surface area contributed by atoms with E-state index >= 15 is 0 Å². The van der Waals surface area contributed by atoms with Gasteiger partial charge in [0.2, 0.25) is 0 Å². The highest BCUT2D eigenvalue weighted by Gasteiger charge is 2.40. The summed E-state index contributed by atoms with van der Waals surface area (Å²) in [6.45, 7) is 1.76. The molecule has 2 unspecified atom stereocenters. The van der Waals surface area contributed by atoms with E-state index in [0.29, 0.717) is 12.1 Å². The fourth-order valence-corrected chi connectivity index (χ4v) is 3.24. The number of nitrogens with one attached hydrogen (secondary N) is 1. The Kier molecular flexibility index (Phi) is 3.15. The van der Waals surface area contributed by atoms with Gasteiger partial charge in [-0.2, -0.15) is 5.26 Å². The average Bonchev–Trinajstić information content (AvgIpc) is 2.93. The second kappa shape index (κ2) is 4.77. The van der Waals surface area contributed by atoms with Gasteiger partial charge in [-0.05, 0) is 31.2 Å². The van der Waals surface area contributed by atoms with Gasteiger partial charge in [0.25, 0.3) is 0 Å². The van der Waals surface area contributed by atoms with Crippen LogP contribution in [0.5, 0.6) is 0 Å². The standard InChI is InChI=1S/C13H16N2OS/c14-6-9-5-11(17-8-9)7-15-12-3-4-16-13(12)10-1-2-10/h5,8,10,12-13,15H,1-4,7H2. The van der Waals surface area contributed by atoms with Gasteiger partial charge >= 0.3 is 0 Å². The van der Waals surface area contributed by atoms with Crippen LogP contribution in [0.1, 0.15) is 29.7 Å². The molecule has 2 aliphatic rings. The Morgan fingerprint density at radius 3 is 3.06 bits per heavy atom. The van der Waals surface area contributed by atoms with Crippen molar-refractivity contribution in [3.8, 4) is 6.07 Å². The molecule has 1 aliphatic carbocycles. The van der Waals surface area contributed by atoms with E-state index in [1.807, 2.05) is 11.4 Å². The summed E-state index contributed by atoms with van der Waals surface area (Å²) in [4.78, 5) is 1.24. The maximum Gasteiger partial charge on any atom is 0.100 e. The first kappa shape index (κ1) is 11.2. The maximum atomic E-state index is 8.77. The van der Waals surface area contributed by atoms with Gasteiger partial charge in [0.15, 0.2) is 0 Å². The molecule has 0 bridgehead atoms. The summed E-state index contributed by atoms with van der Waals surface area (Å²) < 4.78 is 5.79. The zero-order chi connectivity index (χ0) is 11.7. The van der Waals surface area contributed by atoms with Gasteiger partial charge in [-0.3, -0.25) is 0 Å². The number of rotatable bonds is 4. The SMILES string of the molecule is N#Cc1csc(CNC2CCOC2C2CC2)c1. The summed E-state index contributed by atoms with van der Waals surface area (Å²) in [7, 11) is 0. The molecule has 2 atom stereocenters. The Labute approximate surface area is 105 Å². The molecule has 2 fully saturated rings. The molecule has 2 heterocycles. The number of nitrogens with zero attached hydrogens (tertiary/aromatic N) is 1. The van der Waals surface area contributed by atoms with Gasteiger partial charge in [0, 0.05) is 29.5 Å². The smallest absolute Gasteiger partial charge is 0.100 e. The first-order valence-corrected chi connectivity index (χ1v) is 7.07. The first-order valence-electron chi connectivity index (χ1n) is 6.19. The topological polar surface area (TPSA) is 45.0 Å². The van der Waals surface area contributed by atoms with Crippen LogP contribution in [0.4, 0.5) is 0 Å². The molecular weight excluding hydrogens is 232 g/mol. The molecule has 4 heteroatoms. The van der Waals surface area contributed by atoms with Crippen molar-refractivity contribution < 1.29 is 4.74 Å². The molecule has 90 valence electrons. The van der Waals surface area contributed by atoms with E-state index in [-0.39, 0.29) is 0 Å². The summed E-state index contributed by atoms with van der Waals surface area (Å²) in [6, 6.07) is 4.65. The van der Waals surface area contributed by atoms with E-state index in [1.54, 1.807) is 11.3 Å². The highest BCUT2D eigenvalue weighted by Crippen LogP contribution is 2.38. The molecule has 17 heavy (non-hydrogen) atoms. The third kappa shape index (κ3) is 2.52. The van der Waals surface area contributed by atoms with Crippen LogP contribution in [0.15, 0.2) is 11.4 Å². The molecule has 1 N–H and O–H groups in total. The molecule has 3 rings (SSSR count). The minimum Gasteiger partial charge on any atom is -0.376 e. The van der Waals surface area contributed by atoms with Gasteiger partial charge in [-0.25, -0.2) is 0 Å². The van der Waals surface area contributed by atoms with Crippen LogP contribution in [0.2, 0.25) is 0 Å². The van der Waals surface area contributed by atoms with Crippen molar-refractivity contribution in [2.75, 3.05) is 6.61 Å². The largest absolute Gasteiger partial charge is 0.376 e. The molecule has 3 nitrogen and oxygen atoms in total. The van der Waals surface area contributed by atoms with E-state index in [9.17, 15) is 0 Å². The molecular formula is C13H16N2OS. The van der Waals surface area contributed by atoms with Crippen molar-refractivity contribution in [3.05, 3.63) is 21.9 Å². The van der Waals surface area contributed by atoms with Crippen LogP contribution < -0.4 is 5.32 Å². The predicted octanol–water partition coefficient (Wildman–Crippen LogP) is 2.28. The van der Waals surface area contributed by atoms with Crippen LogP contribution in [0.3, 0.4) is 0 Å². The lowest BCUT2D eigenvalue weighted by Crippen LogP contribution is -2.36. The quantitative estimate of drug-likeness (QED) is 0.889. The summed E-state index contributed by atoms with van der Waals surface area (Å²) in [5, 5.41) is 14.3. The van der Waals surface area contributed by atoms with E-state index in [0.717, 1.165) is 31.1 Å². The summed E-state index contributed by atoms with van der Waals surface area (Å²) in [5.74, 6) is 0.799. The lowest BCUT2D eigenvalue weighted by molar-refractivity contribution is 0.0809. The Balaban J connectivity index is 1.54. The monoisotopic (exact) mass is 248 g/mol. The van der Waals surface area contributed by atoms with Gasteiger partial charge in [0.05, 0.1) is 11.7 Å². The molecule has 1 aliphatic heterocycles. The van der Waals surface area contributed by atoms with Crippen LogP contribution in [0, 0.1) is 17.2 Å². The van der Waals surface area contributed by atoms with E-state index in [4.69, 9.17) is 10.00 Å². The van der Waals surface area contributed by atoms with Crippen molar-refractivity contribution in [2.45, 2.75) is 38.0 Å². The van der Waals surface area contributed by atoms with Gasteiger partial charge < -0.3 is 10.1 Å². The highest BCUT2D eigenvalue weighted by molar-refractivity contribution is 7.10. The molecule has 1 saturated heterocycles. The van der Waals surface area contributed by atoms with Crippen molar-refractivity contribution in [1.29, 1.82) is 5.26 Å². The van der Waals surface area contributed by atoms with Crippen LogP contribution >= 0.6 is 11.3 Å². The molecule has 0 aromatic carbocycles. The second-order valence-electron chi connectivity index (χ2n) is 4.86. The van der Waals surface area contributed by atoms with Crippen molar-refractivity contribution in [1.82, 2.24) is 5.32 Å². The number of thiophene rings is 1. The normalized spacial score (nSPS) is 28.2. The third-order valence-electron chi connectivity index (χ3n) is 3.54. The van der Waals surface area contributed by atoms with Gasteiger partial charge in [0.1, 0.15) is 6.07 Å². The van der Waals surface area contributed by atoms with E-state index in [1.165, 1.54) is 17.7 Å². The number of hydrogen-bond donors (Lipinski definition) is 1. The predicted molar refractivity (Wildman–Crippen MR) is 66.7 cm³/mol. The minimum absolute atomic E-state index is 0.436. The molecule has 0 spiro atoms. The maximum absolute atomic E-state index is 8.77. The first-order chi connectivity index (χ1) is 8.36. The van der Waals surface area contributed by atoms with Crippen molar-refractivity contribution in [3.63, 3.8) is 0 Å². The Hall–Kier alpha value is -0.890. The summed E-state index contributed by atoms with van der Waals surface area (Å²) in [5.41, 5.74) is 0.771. The van der Waals surface area contributed by atoms with Crippen molar-refractivity contribution >= 4 is 11.3 Å². The fourth-order valence-electron chi connectivity index (χ4n) is 2.48. The van der Waals surface area contributed by atoms with Crippen LogP contribution in [-0.4, -0.2) is 18.8 Å². The molecule has 1 aromatic rings. The summed E-state index contributed by atoms with van der Waals surface area (Å²) in [6.07, 6.45) is 4.23. The zero-order valence-corrected chi connectivity index (χ0v) is 10.5. The number of ether oxygens (including phenoxy) is 1. The second-order valence-corrected chi connectivity index (χ2v) is 5.86. The average molecular weight is 248 g/mol. The third-order valence-corrected chi connectivity index (χ3v) is 4.48. The van der Waals surface area contributed by atoms with Crippen molar-refractivity contribution in [2.24, 2.45) is 5.92 Å². The molecule has 1 aromatic heterocycles.